The van der Waals surface area contributed by atoms with E-state index in [0.29, 0.717) is 24.5 Å². The maximum atomic E-state index is 12.4. The number of halogens is 1. The standard InChI is InChI=1S/C18H21ClN2O2S/c1-4-9-21(11-14-6-8-17(19)24-14)12-18(22)20-15-10-13(2)5-7-16(15)23-3/h4-8,10H,1,9,11-12H2,2-3H3,(H,20,22)/p+1. The number of nitrogens with one attached hydrogen (secondary N) is 2. The largest absolute Gasteiger partial charge is 0.495 e. The Kier molecular flexibility index (Phi) is 6.85. The second-order valence-electron chi connectivity index (χ2n) is 5.55. The predicted molar refractivity (Wildman–Crippen MR) is 100 cm³/mol. The number of hydrogen-bond donors (Lipinski definition) is 2. The summed E-state index contributed by atoms with van der Waals surface area (Å²) < 4.78 is 6.06. The zero-order chi connectivity index (χ0) is 17.5. The lowest BCUT2D eigenvalue weighted by atomic mass is 10.2. The van der Waals surface area contributed by atoms with Crippen LogP contribution in [0.4, 0.5) is 5.69 Å². The topological polar surface area (TPSA) is 42.8 Å². The lowest BCUT2D eigenvalue weighted by molar-refractivity contribution is -0.899. The first kappa shape index (κ1) is 18.5. The highest BCUT2D eigenvalue weighted by Gasteiger charge is 2.16. The molecule has 0 spiro atoms. The second kappa shape index (κ2) is 8.87. The Bertz CT molecular complexity index is 715. The molecule has 0 bridgehead atoms. The Morgan fingerprint density at radius 1 is 1.42 bits per heavy atom. The van der Waals surface area contributed by atoms with Gasteiger partial charge in [0, 0.05) is 0 Å². The fourth-order valence-corrected chi connectivity index (χ4v) is 3.60. The molecular formula is C18H22ClN2O2S+. The minimum Gasteiger partial charge on any atom is -0.495 e. The van der Waals surface area contributed by atoms with E-state index >= 15 is 0 Å². The minimum absolute atomic E-state index is 0.0570. The maximum absolute atomic E-state index is 12.4. The molecule has 1 unspecified atom stereocenters. The van der Waals surface area contributed by atoms with E-state index in [2.05, 4.69) is 11.9 Å². The van der Waals surface area contributed by atoms with E-state index in [4.69, 9.17) is 16.3 Å². The number of carbonyl (C=O) groups is 1. The van der Waals surface area contributed by atoms with E-state index < -0.39 is 0 Å². The van der Waals surface area contributed by atoms with Crippen LogP contribution in [0.1, 0.15) is 10.4 Å². The van der Waals surface area contributed by atoms with Crippen LogP contribution in [0.2, 0.25) is 4.34 Å². The summed E-state index contributed by atoms with van der Waals surface area (Å²) in [5.74, 6) is 0.600. The Labute approximate surface area is 151 Å². The lowest BCUT2D eigenvalue weighted by Crippen LogP contribution is -3.11. The van der Waals surface area contributed by atoms with Gasteiger partial charge in [-0.2, -0.15) is 0 Å². The molecule has 128 valence electrons. The van der Waals surface area contributed by atoms with Crippen molar-refractivity contribution in [3.05, 3.63) is 57.8 Å². The summed E-state index contributed by atoms with van der Waals surface area (Å²) in [6, 6.07) is 9.59. The van der Waals surface area contributed by atoms with Gasteiger partial charge in [-0.1, -0.05) is 24.2 Å². The van der Waals surface area contributed by atoms with Crippen LogP contribution in [0, 0.1) is 6.92 Å². The van der Waals surface area contributed by atoms with Gasteiger partial charge in [-0.05, 0) is 42.8 Å². The number of anilines is 1. The number of amides is 1. The Morgan fingerprint density at radius 2 is 2.21 bits per heavy atom. The van der Waals surface area contributed by atoms with Crippen molar-refractivity contribution in [1.82, 2.24) is 0 Å². The summed E-state index contributed by atoms with van der Waals surface area (Å²) in [4.78, 5) is 14.7. The van der Waals surface area contributed by atoms with Gasteiger partial charge < -0.3 is 15.0 Å². The van der Waals surface area contributed by atoms with Gasteiger partial charge in [-0.25, -0.2) is 0 Å². The van der Waals surface area contributed by atoms with Gasteiger partial charge in [-0.15, -0.1) is 11.3 Å². The number of hydrogen-bond acceptors (Lipinski definition) is 3. The average Bonchev–Trinajstić information content (AvgIpc) is 2.92. The molecule has 6 heteroatoms. The van der Waals surface area contributed by atoms with Gasteiger partial charge in [0.25, 0.3) is 5.91 Å². The molecule has 0 aliphatic rings. The summed E-state index contributed by atoms with van der Waals surface area (Å²) >= 11 is 7.52. The summed E-state index contributed by atoms with van der Waals surface area (Å²) in [5, 5.41) is 2.94. The maximum Gasteiger partial charge on any atom is 0.279 e. The zero-order valence-corrected chi connectivity index (χ0v) is 15.5. The molecule has 0 saturated carbocycles. The lowest BCUT2D eigenvalue weighted by Gasteiger charge is -2.17. The third kappa shape index (κ3) is 5.37. The Balaban J connectivity index is 2.02. The van der Waals surface area contributed by atoms with Crippen LogP contribution in [0.5, 0.6) is 5.75 Å². The van der Waals surface area contributed by atoms with Crippen LogP contribution in [-0.2, 0) is 11.3 Å². The molecule has 24 heavy (non-hydrogen) atoms. The third-order valence-electron chi connectivity index (χ3n) is 3.53. The van der Waals surface area contributed by atoms with Crippen molar-refractivity contribution >= 4 is 34.5 Å². The fraction of sp³-hybridized carbons (Fsp3) is 0.278. The van der Waals surface area contributed by atoms with Crippen LogP contribution < -0.4 is 15.0 Å². The minimum atomic E-state index is -0.0570. The van der Waals surface area contributed by atoms with Crippen molar-refractivity contribution in [3.63, 3.8) is 0 Å². The van der Waals surface area contributed by atoms with E-state index in [1.54, 1.807) is 7.11 Å². The first-order valence-corrected chi connectivity index (χ1v) is 8.84. The number of aryl methyl sites for hydroxylation is 1. The number of ether oxygens (including phenoxy) is 1. The van der Waals surface area contributed by atoms with Gasteiger partial charge in [0.1, 0.15) is 12.3 Å². The molecule has 1 amide bonds. The van der Waals surface area contributed by atoms with Crippen LogP contribution >= 0.6 is 22.9 Å². The van der Waals surface area contributed by atoms with Crippen molar-refractivity contribution in [2.75, 3.05) is 25.5 Å². The third-order valence-corrected chi connectivity index (χ3v) is 4.76. The monoisotopic (exact) mass is 365 g/mol. The zero-order valence-electron chi connectivity index (χ0n) is 13.9. The number of carbonyl (C=O) groups excluding carboxylic acids is 1. The van der Waals surface area contributed by atoms with E-state index in [0.717, 1.165) is 26.2 Å². The smallest absolute Gasteiger partial charge is 0.279 e. The molecule has 0 radical (unpaired) electrons. The number of quaternary nitrogens is 1. The highest BCUT2D eigenvalue weighted by atomic mass is 35.5. The van der Waals surface area contributed by atoms with Crippen LogP contribution in [0.15, 0.2) is 43.0 Å². The SMILES string of the molecule is C=CC[NH+](CC(=O)Nc1cc(C)ccc1OC)Cc1ccc(Cl)s1. The highest BCUT2D eigenvalue weighted by Crippen LogP contribution is 2.25. The molecule has 1 atom stereocenters. The van der Waals surface area contributed by atoms with Gasteiger partial charge in [0.15, 0.2) is 6.54 Å². The molecule has 4 nitrogen and oxygen atoms in total. The summed E-state index contributed by atoms with van der Waals surface area (Å²) in [7, 11) is 1.59. The molecule has 1 aromatic heterocycles. The number of methoxy groups -OCH3 is 1. The summed E-state index contributed by atoms with van der Waals surface area (Å²) in [6.07, 6.45) is 1.82. The van der Waals surface area contributed by atoms with Gasteiger partial charge >= 0.3 is 0 Å². The molecule has 1 aromatic carbocycles. The average molecular weight is 366 g/mol. The predicted octanol–water partition coefficient (Wildman–Crippen LogP) is 2.93. The van der Waals surface area contributed by atoms with Crippen LogP contribution in [-0.4, -0.2) is 26.1 Å². The first-order valence-electron chi connectivity index (χ1n) is 7.65. The quantitative estimate of drug-likeness (QED) is 0.706. The molecule has 0 fully saturated rings. The number of thiophene rings is 1. The Morgan fingerprint density at radius 3 is 2.83 bits per heavy atom. The molecule has 0 aliphatic carbocycles. The van der Waals surface area contributed by atoms with Crippen molar-refractivity contribution < 1.29 is 14.4 Å². The molecule has 2 N–H and O–H groups in total. The first-order chi connectivity index (χ1) is 11.5. The van der Waals surface area contributed by atoms with Crippen molar-refractivity contribution in [2.24, 2.45) is 0 Å². The number of benzene rings is 1. The van der Waals surface area contributed by atoms with E-state index in [-0.39, 0.29) is 5.91 Å². The molecule has 0 aliphatic heterocycles. The molecule has 2 rings (SSSR count). The van der Waals surface area contributed by atoms with E-state index in [1.807, 2.05) is 43.3 Å². The second-order valence-corrected chi connectivity index (χ2v) is 7.35. The van der Waals surface area contributed by atoms with E-state index in [1.165, 1.54) is 11.3 Å². The van der Waals surface area contributed by atoms with Crippen molar-refractivity contribution in [2.45, 2.75) is 13.5 Å². The van der Waals surface area contributed by atoms with Crippen molar-refractivity contribution in [3.8, 4) is 5.75 Å². The number of rotatable bonds is 8. The highest BCUT2D eigenvalue weighted by molar-refractivity contribution is 7.16. The molecule has 1 heterocycles. The van der Waals surface area contributed by atoms with Crippen LogP contribution in [0.3, 0.4) is 0 Å². The van der Waals surface area contributed by atoms with Crippen molar-refractivity contribution in [1.29, 1.82) is 0 Å². The van der Waals surface area contributed by atoms with Crippen LogP contribution in [0.25, 0.3) is 0 Å². The normalized spacial score (nSPS) is 11.8. The van der Waals surface area contributed by atoms with Gasteiger partial charge in [0.05, 0.1) is 28.6 Å². The van der Waals surface area contributed by atoms with Gasteiger partial charge in [-0.3, -0.25) is 4.79 Å². The molecular weight excluding hydrogens is 344 g/mol. The summed E-state index contributed by atoms with van der Waals surface area (Å²) in [5.41, 5.74) is 1.76. The Hall–Kier alpha value is -1.82. The molecule has 2 aromatic rings. The van der Waals surface area contributed by atoms with E-state index in [9.17, 15) is 4.79 Å². The molecule has 0 saturated heterocycles. The summed E-state index contributed by atoms with van der Waals surface area (Å²) in [6.45, 7) is 7.55. The fourth-order valence-electron chi connectivity index (χ4n) is 2.45. The van der Waals surface area contributed by atoms with Gasteiger partial charge in [0.2, 0.25) is 0 Å².